The number of rotatable bonds is 2. The van der Waals surface area contributed by atoms with E-state index in [2.05, 4.69) is 4.74 Å². The molecular weight excluding hydrogens is 200 g/mol. The molecule has 1 aromatic rings. The van der Waals surface area contributed by atoms with Crippen LogP contribution in [-0.2, 0) is 9.53 Å². The molecule has 0 aromatic heterocycles. The summed E-state index contributed by atoms with van der Waals surface area (Å²) in [7, 11) is 1.36. The summed E-state index contributed by atoms with van der Waals surface area (Å²) >= 11 is 0. The average Bonchev–Trinajstić information content (AvgIpc) is 2.41. The van der Waals surface area contributed by atoms with Gasteiger partial charge in [-0.2, -0.15) is 0 Å². The zero-order valence-electron chi connectivity index (χ0n) is 10.9. The average molecular weight is 222 g/mol. The highest BCUT2D eigenvalue weighted by Crippen LogP contribution is 2.00. The largest absolute Gasteiger partial charge is 0.466 e. The summed E-state index contributed by atoms with van der Waals surface area (Å²) in [5.41, 5.74) is 0.989. The lowest BCUT2D eigenvalue weighted by Gasteiger charge is -1.91. The molecule has 0 fully saturated rings. The van der Waals surface area contributed by atoms with Crippen LogP contribution >= 0.6 is 0 Å². The number of esters is 1. The normalized spacial score (nSPS) is 8.31. The number of ether oxygens (including phenoxy) is 1. The molecule has 0 aliphatic rings. The SMILES string of the molecule is CC.CC.COC(=O)/C=C/c1ccccc1. The maximum atomic E-state index is 10.7. The molecule has 0 amide bonds. The summed E-state index contributed by atoms with van der Waals surface area (Å²) < 4.78 is 4.45. The van der Waals surface area contributed by atoms with Crippen molar-refractivity contribution in [3.63, 3.8) is 0 Å². The lowest BCUT2D eigenvalue weighted by Crippen LogP contribution is -1.92. The van der Waals surface area contributed by atoms with Gasteiger partial charge in [-0.15, -0.1) is 0 Å². The maximum Gasteiger partial charge on any atom is 0.330 e. The first-order valence-corrected chi connectivity index (χ1v) is 5.64. The molecule has 0 saturated carbocycles. The number of methoxy groups -OCH3 is 1. The third kappa shape index (κ3) is 9.00. The molecule has 1 aromatic carbocycles. The second-order valence-corrected chi connectivity index (χ2v) is 2.27. The van der Waals surface area contributed by atoms with E-state index in [0.29, 0.717) is 0 Å². The molecule has 0 saturated heterocycles. The predicted octanol–water partition coefficient (Wildman–Crippen LogP) is 3.93. The zero-order valence-corrected chi connectivity index (χ0v) is 10.9. The van der Waals surface area contributed by atoms with E-state index in [9.17, 15) is 4.79 Å². The number of carbonyl (C=O) groups excluding carboxylic acids is 1. The predicted molar refractivity (Wildman–Crippen MR) is 70.2 cm³/mol. The Morgan fingerprint density at radius 1 is 1.06 bits per heavy atom. The van der Waals surface area contributed by atoms with Gasteiger partial charge in [0.25, 0.3) is 0 Å². The van der Waals surface area contributed by atoms with Gasteiger partial charge in [0.2, 0.25) is 0 Å². The van der Waals surface area contributed by atoms with Crippen LogP contribution in [-0.4, -0.2) is 13.1 Å². The first-order valence-electron chi connectivity index (χ1n) is 5.64. The Hall–Kier alpha value is -1.57. The Kier molecular flexibility index (Phi) is 14.1. The standard InChI is InChI=1S/C10H10O2.2C2H6/c1-12-10(11)8-7-9-5-3-2-4-6-9;2*1-2/h2-8H,1H3;2*1-2H3/b8-7+;;. The van der Waals surface area contributed by atoms with Gasteiger partial charge < -0.3 is 4.74 Å². The first kappa shape index (κ1) is 16.8. The van der Waals surface area contributed by atoms with Crippen molar-refractivity contribution in [3.05, 3.63) is 42.0 Å². The van der Waals surface area contributed by atoms with E-state index in [1.54, 1.807) is 6.08 Å². The Morgan fingerprint density at radius 2 is 1.56 bits per heavy atom. The summed E-state index contributed by atoms with van der Waals surface area (Å²) in [4.78, 5) is 10.7. The fourth-order valence-corrected chi connectivity index (χ4v) is 0.796. The third-order valence-corrected chi connectivity index (χ3v) is 1.41. The van der Waals surface area contributed by atoms with Crippen molar-refractivity contribution in [2.75, 3.05) is 7.11 Å². The lowest BCUT2D eigenvalue weighted by molar-refractivity contribution is -0.134. The summed E-state index contributed by atoms with van der Waals surface area (Å²) in [6.07, 6.45) is 3.11. The summed E-state index contributed by atoms with van der Waals surface area (Å²) in [6.45, 7) is 8.00. The molecule has 90 valence electrons. The van der Waals surface area contributed by atoms with E-state index >= 15 is 0 Å². The summed E-state index contributed by atoms with van der Waals surface area (Å²) in [6, 6.07) is 9.59. The van der Waals surface area contributed by atoms with Crippen molar-refractivity contribution in [2.45, 2.75) is 27.7 Å². The van der Waals surface area contributed by atoms with Crippen LogP contribution in [0, 0.1) is 0 Å². The van der Waals surface area contributed by atoms with Crippen LogP contribution in [0.5, 0.6) is 0 Å². The van der Waals surface area contributed by atoms with Gasteiger partial charge in [0.1, 0.15) is 0 Å². The first-order chi connectivity index (χ1) is 7.83. The van der Waals surface area contributed by atoms with Crippen LogP contribution in [0.25, 0.3) is 6.08 Å². The second kappa shape index (κ2) is 13.4. The number of hydrogen-bond donors (Lipinski definition) is 0. The van der Waals surface area contributed by atoms with Crippen molar-refractivity contribution in [3.8, 4) is 0 Å². The van der Waals surface area contributed by atoms with E-state index < -0.39 is 0 Å². The molecule has 0 atom stereocenters. The Labute approximate surface area is 98.9 Å². The van der Waals surface area contributed by atoms with Gasteiger partial charge in [-0.1, -0.05) is 58.0 Å². The van der Waals surface area contributed by atoms with Crippen LogP contribution in [0.4, 0.5) is 0 Å². The monoisotopic (exact) mass is 222 g/mol. The van der Waals surface area contributed by atoms with Crippen molar-refractivity contribution >= 4 is 12.0 Å². The Balaban J connectivity index is 0. The van der Waals surface area contributed by atoms with Crippen molar-refractivity contribution in [1.29, 1.82) is 0 Å². The van der Waals surface area contributed by atoms with E-state index in [4.69, 9.17) is 0 Å². The molecule has 2 heteroatoms. The Bertz CT molecular complexity index is 276. The zero-order chi connectivity index (χ0) is 12.8. The van der Waals surface area contributed by atoms with Crippen molar-refractivity contribution in [1.82, 2.24) is 0 Å². The maximum absolute atomic E-state index is 10.7. The summed E-state index contributed by atoms with van der Waals surface area (Å²) in [5, 5.41) is 0. The van der Waals surface area contributed by atoms with E-state index in [-0.39, 0.29) is 5.97 Å². The molecule has 0 spiro atoms. The fourth-order valence-electron chi connectivity index (χ4n) is 0.796. The molecule has 0 aliphatic carbocycles. The van der Waals surface area contributed by atoms with E-state index in [1.807, 2.05) is 58.0 Å². The van der Waals surface area contributed by atoms with Crippen LogP contribution in [0.15, 0.2) is 36.4 Å². The molecule has 0 unspecified atom stereocenters. The van der Waals surface area contributed by atoms with Crippen LogP contribution < -0.4 is 0 Å². The van der Waals surface area contributed by atoms with Gasteiger partial charge >= 0.3 is 5.97 Å². The quantitative estimate of drug-likeness (QED) is 0.560. The minimum absolute atomic E-state index is 0.334. The number of benzene rings is 1. The van der Waals surface area contributed by atoms with Gasteiger partial charge in [-0.3, -0.25) is 0 Å². The minimum Gasteiger partial charge on any atom is -0.466 e. The fraction of sp³-hybridized carbons (Fsp3) is 0.357. The molecule has 16 heavy (non-hydrogen) atoms. The Morgan fingerprint density at radius 3 is 2.00 bits per heavy atom. The van der Waals surface area contributed by atoms with Gasteiger partial charge in [-0.25, -0.2) is 4.79 Å². The van der Waals surface area contributed by atoms with Crippen molar-refractivity contribution in [2.24, 2.45) is 0 Å². The lowest BCUT2D eigenvalue weighted by atomic mass is 10.2. The van der Waals surface area contributed by atoms with Crippen LogP contribution in [0.1, 0.15) is 33.3 Å². The van der Waals surface area contributed by atoms with Gasteiger partial charge in [-0.05, 0) is 11.6 Å². The minimum atomic E-state index is -0.334. The van der Waals surface area contributed by atoms with Crippen molar-refractivity contribution < 1.29 is 9.53 Å². The molecule has 2 nitrogen and oxygen atoms in total. The highest BCUT2D eigenvalue weighted by molar-refractivity contribution is 5.86. The molecule has 0 aliphatic heterocycles. The summed E-state index contributed by atoms with van der Waals surface area (Å²) in [5.74, 6) is -0.334. The second-order valence-electron chi connectivity index (χ2n) is 2.27. The molecule has 0 N–H and O–H groups in total. The topological polar surface area (TPSA) is 26.3 Å². The van der Waals surface area contributed by atoms with Gasteiger partial charge in [0, 0.05) is 6.08 Å². The van der Waals surface area contributed by atoms with E-state index in [0.717, 1.165) is 5.56 Å². The smallest absolute Gasteiger partial charge is 0.330 e. The van der Waals surface area contributed by atoms with Gasteiger partial charge in [0.15, 0.2) is 0 Å². The molecule has 0 heterocycles. The van der Waals surface area contributed by atoms with E-state index in [1.165, 1.54) is 13.2 Å². The van der Waals surface area contributed by atoms with Gasteiger partial charge in [0.05, 0.1) is 7.11 Å². The van der Waals surface area contributed by atoms with Crippen LogP contribution in [0.2, 0.25) is 0 Å². The number of carbonyl (C=O) groups is 1. The highest BCUT2D eigenvalue weighted by Gasteiger charge is 1.89. The molecule has 0 bridgehead atoms. The number of hydrogen-bond acceptors (Lipinski definition) is 2. The molecule has 0 radical (unpaired) electrons. The highest BCUT2D eigenvalue weighted by atomic mass is 16.5. The molecule has 1 rings (SSSR count). The van der Waals surface area contributed by atoms with Crippen LogP contribution in [0.3, 0.4) is 0 Å². The third-order valence-electron chi connectivity index (χ3n) is 1.41. The molecular formula is C14H22O2.